The van der Waals surface area contributed by atoms with Crippen molar-refractivity contribution in [3.8, 4) is 23.1 Å². The standard InChI is InChI=1S/C31H21Cl2N3O4/c1-38-27-7-4-8-28-24(27)16-29(40-28)30-35-26-6-3-2-5-23(26)31(37)36(30)34-17-19-9-13-22(14-10-19)39-18-20-11-12-21(32)15-25(20)33/h2-17H,18H2,1H3. The Balaban J connectivity index is 1.33. The lowest BCUT2D eigenvalue weighted by atomic mass is 10.2. The summed E-state index contributed by atoms with van der Waals surface area (Å²) in [4.78, 5) is 18.2. The minimum absolute atomic E-state index is 0.276. The molecule has 7 nitrogen and oxygen atoms in total. The first kappa shape index (κ1) is 25.7. The molecule has 0 radical (unpaired) electrons. The third-order valence-corrected chi connectivity index (χ3v) is 6.91. The lowest BCUT2D eigenvalue weighted by molar-refractivity contribution is 0.306. The van der Waals surface area contributed by atoms with Crippen molar-refractivity contribution in [2.75, 3.05) is 7.11 Å². The van der Waals surface area contributed by atoms with Gasteiger partial charge in [0.2, 0.25) is 5.82 Å². The van der Waals surface area contributed by atoms with Gasteiger partial charge in [0.1, 0.15) is 23.7 Å². The highest BCUT2D eigenvalue weighted by atomic mass is 35.5. The number of ether oxygens (including phenoxy) is 2. The number of nitrogens with zero attached hydrogens (tertiary/aromatic N) is 3. The summed E-state index contributed by atoms with van der Waals surface area (Å²) < 4.78 is 18.7. The fourth-order valence-electron chi connectivity index (χ4n) is 4.29. The molecule has 6 rings (SSSR count). The summed E-state index contributed by atoms with van der Waals surface area (Å²) in [6.07, 6.45) is 1.59. The van der Waals surface area contributed by atoms with Gasteiger partial charge in [-0.25, -0.2) is 4.98 Å². The molecule has 9 heteroatoms. The maximum absolute atomic E-state index is 13.5. The second-order valence-corrected chi connectivity index (χ2v) is 9.73. The van der Waals surface area contributed by atoms with Gasteiger partial charge in [0, 0.05) is 15.6 Å². The van der Waals surface area contributed by atoms with Crippen LogP contribution in [0.4, 0.5) is 0 Å². The molecule has 0 amide bonds. The molecule has 0 aliphatic rings. The van der Waals surface area contributed by atoms with E-state index in [4.69, 9.17) is 42.1 Å². The number of hydrogen-bond donors (Lipinski definition) is 0. The van der Waals surface area contributed by atoms with Crippen LogP contribution in [0.5, 0.6) is 11.5 Å². The first-order chi connectivity index (χ1) is 19.5. The summed E-state index contributed by atoms with van der Waals surface area (Å²) in [6, 6.07) is 27.0. The fraction of sp³-hybridized carbons (Fsp3) is 0.0645. The van der Waals surface area contributed by atoms with E-state index in [1.165, 1.54) is 4.68 Å². The molecule has 6 aromatic rings. The van der Waals surface area contributed by atoms with E-state index in [-0.39, 0.29) is 11.4 Å². The van der Waals surface area contributed by atoms with E-state index >= 15 is 0 Å². The first-order valence-electron chi connectivity index (χ1n) is 12.3. The molecular formula is C31H21Cl2N3O4. The molecule has 0 N–H and O–H groups in total. The number of aromatic nitrogens is 2. The second kappa shape index (κ2) is 10.9. The number of para-hydroxylation sites is 1. The van der Waals surface area contributed by atoms with Crippen molar-refractivity contribution in [1.29, 1.82) is 0 Å². The zero-order chi connectivity index (χ0) is 27.6. The number of halogens is 2. The van der Waals surface area contributed by atoms with Gasteiger partial charge in [-0.2, -0.15) is 9.78 Å². The average Bonchev–Trinajstić information content (AvgIpc) is 3.41. The van der Waals surface area contributed by atoms with Crippen molar-refractivity contribution in [2.45, 2.75) is 6.61 Å². The molecule has 0 bridgehead atoms. The van der Waals surface area contributed by atoms with Gasteiger partial charge in [0.15, 0.2) is 5.76 Å². The highest BCUT2D eigenvalue weighted by molar-refractivity contribution is 6.35. The number of rotatable bonds is 7. The van der Waals surface area contributed by atoms with E-state index in [0.717, 1.165) is 16.5 Å². The van der Waals surface area contributed by atoms with E-state index in [0.29, 0.717) is 50.4 Å². The molecule has 0 unspecified atom stereocenters. The zero-order valence-corrected chi connectivity index (χ0v) is 22.7. The number of hydrogen-bond acceptors (Lipinski definition) is 6. The van der Waals surface area contributed by atoms with Crippen LogP contribution in [0.2, 0.25) is 10.0 Å². The molecule has 0 aliphatic carbocycles. The number of furan rings is 1. The molecule has 0 aliphatic heterocycles. The van der Waals surface area contributed by atoms with Crippen molar-refractivity contribution < 1.29 is 13.9 Å². The minimum Gasteiger partial charge on any atom is -0.496 e. The van der Waals surface area contributed by atoms with Crippen molar-refractivity contribution in [3.63, 3.8) is 0 Å². The largest absolute Gasteiger partial charge is 0.496 e. The van der Waals surface area contributed by atoms with Crippen LogP contribution in [0.15, 0.2) is 105 Å². The topological polar surface area (TPSA) is 78.9 Å². The Labute approximate surface area is 238 Å². The van der Waals surface area contributed by atoms with Crippen LogP contribution in [0.25, 0.3) is 33.5 Å². The number of benzene rings is 4. The summed E-state index contributed by atoms with van der Waals surface area (Å²) in [5, 5.41) is 6.85. The fourth-order valence-corrected chi connectivity index (χ4v) is 4.75. The lowest BCUT2D eigenvalue weighted by Gasteiger charge is -2.09. The van der Waals surface area contributed by atoms with Gasteiger partial charge in [-0.1, -0.05) is 47.5 Å². The molecule has 4 aromatic carbocycles. The van der Waals surface area contributed by atoms with E-state index in [1.807, 2.05) is 54.6 Å². The van der Waals surface area contributed by atoms with Crippen molar-refractivity contribution in [3.05, 3.63) is 123 Å². The normalized spacial score (nSPS) is 11.5. The number of methoxy groups -OCH3 is 1. The Morgan fingerprint density at radius 2 is 1.77 bits per heavy atom. The highest BCUT2D eigenvalue weighted by Gasteiger charge is 2.17. The van der Waals surface area contributed by atoms with Crippen LogP contribution < -0.4 is 15.0 Å². The molecular weight excluding hydrogens is 549 g/mol. The Kier molecular flexibility index (Phi) is 6.99. The molecule has 0 fully saturated rings. The molecule has 0 spiro atoms. The van der Waals surface area contributed by atoms with Gasteiger partial charge >= 0.3 is 0 Å². The number of fused-ring (bicyclic) bond motifs is 2. The Morgan fingerprint density at radius 1 is 0.950 bits per heavy atom. The van der Waals surface area contributed by atoms with Crippen LogP contribution >= 0.6 is 23.2 Å². The van der Waals surface area contributed by atoms with Gasteiger partial charge < -0.3 is 13.9 Å². The summed E-state index contributed by atoms with van der Waals surface area (Å²) in [6.45, 7) is 0.299. The lowest BCUT2D eigenvalue weighted by Crippen LogP contribution is -2.20. The quantitative estimate of drug-likeness (QED) is 0.185. The van der Waals surface area contributed by atoms with Crippen LogP contribution in [0, 0.1) is 0 Å². The average molecular weight is 570 g/mol. The van der Waals surface area contributed by atoms with Crippen LogP contribution in [-0.4, -0.2) is 23.0 Å². The SMILES string of the molecule is COc1cccc2oc(-c3nc4ccccc4c(=O)n3N=Cc3ccc(OCc4ccc(Cl)cc4Cl)cc3)cc12. The summed E-state index contributed by atoms with van der Waals surface area (Å²) >= 11 is 12.2. The van der Waals surface area contributed by atoms with Crippen molar-refractivity contribution >= 4 is 51.3 Å². The van der Waals surface area contributed by atoms with Gasteiger partial charge in [0.25, 0.3) is 5.56 Å². The molecule has 0 saturated heterocycles. The van der Waals surface area contributed by atoms with Gasteiger partial charge in [0.05, 0.1) is 29.6 Å². The predicted molar refractivity (Wildman–Crippen MR) is 158 cm³/mol. The van der Waals surface area contributed by atoms with Crippen LogP contribution in [0.3, 0.4) is 0 Å². The summed E-state index contributed by atoms with van der Waals surface area (Å²) in [5.74, 6) is 1.98. The minimum atomic E-state index is -0.316. The Hall–Kier alpha value is -4.59. The third kappa shape index (κ3) is 5.04. The first-order valence-corrected chi connectivity index (χ1v) is 13.1. The maximum atomic E-state index is 13.5. The Bertz CT molecular complexity index is 1950. The van der Waals surface area contributed by atoms with E-state index in [1.54, 1.807) is 49.7 Å². The highest BCUT2D eigenvalue weighted by Crippen LogP contribution is 2.33. The van der Waals surface area contributed by atoms with Crippen LogP contribution in [-0.2, 0) is 6.61 Å². The predicted octanol–water partition coefficient (Wildman–Crippen LogP) is 7.59. The molecule has 2 aromatic heterocycles. The molecule has 40 heavy (non-hydrogen) atoms. The molecule has 0 saturated carbocycles. The van der Waals surface area contributed by atoms with Crippen molar-refractivity contribution in [2.24, 2.45) is 5.10 Å². The van der Waals surface area contributed by atoms with Crippen molar-refractivity contribution in [1.82, 2.24) is 9.66 Å². The second-order valence-electron chi connectivity index (χ2n) is 8.89. The van der Waals surface area contributed by atoms with E-state index < -0.39 is 0 Å². The Morgan fingerprint density at radius 3 is 2.58 bits per heavy atom. The summed E-state index contributed by atoms with van der Waals surface area (Å²) in [7, 11) is 1.60. The molecule has 0 atom stereocenters. The molecule has 198 valence electrons. The van der Waals surface area contributed by atoms with Crippen LogP contribution in [0.1, 0.15) is 11.1 Å². The third-order valence-electron chi connectivity index (χ3n) is 6.33. The maximum Gasteiger partial charge on any atom is 0.282 e. The van der Waals surface area contributed by atoms with Gasteiger partial charge in [-0.15, -0.1) is 0 Å². The van der Waals surface area contributed by atoms with E-state index in [9.17, 15) is 4.79 Å². The van der Waals surface area contributed by atoms with E-state index in [2.05, 4.69) is 5.10 Å². The molecule has 2 heterocycles. The zero-order valence-electron chi connectivity index (χ0n) is 21.2. The summed E-state index contributed by atoms with van der Waals surface area (Å²) in [5.41, 5.74) is 2.43. The van der Waals surface area contributed by atoms with Gasteiger partial charge in [-0.05, 0) is 72.3 Å². The smallest absolute Gasteiger partial charge is 0.282 e. The van der Waals surface area contributed by atoms with Gasteiger partial charge in [-0.3, -0.25) is 4.79 Å². The monoisotopic (exact) mass is 569 g/mol.